The lowest BCUT2D eigenvalue weighted by Crippen LogP contribution is -2.42. The fraction of sp³-hybridized carbons (Fsp3) is 0.833. The van der Waals surface area contributed by atoms with Gasteiger partial charge in [0.05, 0.1) is 13.1 Å². The molecule has 1 aliphatic rings. The van der Waals surface area contributed by atoms with Gasteiger partial charge >= 0.3 is 0 Å². The van der Waals surface area contributed by atoms with Gasteiger partial charge in [-0.3, -0.25) is 9.59 Å². The molecule has 0 atom stereocenters. The van der Waals surface area contributed by atoms with Crippen molar-refractivity contribution in [3.63, 3.8) is 0 Å². The molecule has 1 heterocycles. The number of carbonyl (C=O) groups is 2. The van der Waals surface area contributed by atoms with Gasteiger partial charge in [0.25, 0.3) is 0 Å². The quantitative estimate of drug-likeness (QED) is 0.790. The van der Waals surface area contributed by atoms with E-state index in [9.17, 15) is 9.59 Å². The average Bonchev–Trinajstić information content (AvgIpc) is 2.46. The van der Waals surface area contributed by atoms with Crippen molar-refractivity contribution in [2.24, 2.45) is 11.1 Å². The number of amides is 2. The van der Waals surface area contributed by atoms with Crippen molar-refractivity contribution in [2.75, 3.05) is 26.2 Å². The van der Waals surface area contributed by atoms with Gasteiger partial charge < -0.3 is 16.0 Å². The minimum absolute atomic E-state index is 0. The third kappa shape index (κ3) is 5.69. The van der Waals surface area contributed by atoms with E-state index in [-0.39, 0.29) is 37.3 Å². The van der Waals surface area contributed by atoms with E-state index < -0.39 is 0 Å². The van der Waals surface area contributed by atoms with Crippen LogP contribution >= 0.6 is 12.4 Å². The Balaban J connectivity index is 0.00000289. The van der Waals surface area contributed by atoms with Gasteiger partial charge in [-0.15, -0.1) is 12.4 Å². The fourth-order valence-electron chi connectivity index (χ4n) is 2.03. The Kier molecular flexibility index (Phi) is 7.25. The maximum Gasteiger partial charge on any atom is 0.241 e. The molecule has 0 unspecified atom stereocenters. The molecule has 2 amide bonds. The molecule has 18 heavy (non-hydrogen) atoms. The van der Waals surface area contributed by atoms with Crippen LogP contribution in [0.2, 0.25) is 0 Å². The van der Waals surface area contributed by atoms with Crippen LogP contribution in [0.25, 0.3) is 0 Å². The number of likely N-dealkylation sites (tertiary alicyclic amines) is 1. The topological polar surface area (TPSA) is 75.4 Å². The van der Waals surface area contributed by atoms with Gasteiger partial charge in [-0.1, -0.05) is 13.8 Å². The normalized spacial score (nSPS) is 18.5. The molecular weight excluding hydrogens is 254 g/mol. The van der Waals surface area contributed by atoms with E-state index in [2.05, 4.69) is 19.2 Å². The molecule has 0 aromatic carbocycles. The van der Waals surface area contributed by atoms with Gasteiger partial charge in [-0.2, -0.15) is 0 Å². The molecule has 0 aromatic rings. The fourth-order valence-corrected chi connectivity index (χ4v) is 2.03. The van der Waals surface area contributed by atoms with Crippen molar-refractivity contribution in [1.82, 2.24) is 10.2 Å². The molecule has 106 valence electrons. The van der Waals surface area contributed by atoms with E-state index in [1.165, 1.54) is 0 Å². The second-order valence-electron chi connectivity index (χ2n) is 5.38. The van der Waals surface area contributed by atoms with Gasteiger partial charge in [0, 0.05) is 13.1 Å². The lowest BCUT2D eigenvalue weighted by Gasteiger charge is -2.23. The van der Waals surface area contributed by atoms with Gasteiger partial charge in [-0.05, 0) is 24.7 Å². The van der Waals surface area contributed by atoms with Crippen molar-refractivity contribution in [3.05, 3.63) is 0 Å². The first kappa shape index (κ1) is 17.2. The molecular formula is C12H24ClN3O2. The summed E-state index contributed by atoms with van der Waals surface area (Å²) in [6, 6.07) is 0. The van der Waals surface area contributed by atoms with Crippen LogP contribution in [0.4, 0.5) is 0 Å². The predicted molar refractivity (Wildman–Crippen MR) is 73.5 cm³/mol. The van der Waals surface area contributed by atoms with E-state index in [0.29, 0.717) is 5.41 Å². The van der Waals surface area contributed by atoms with Crippen LogP contribution in [-0.2, 0) is 9.59 Å². The summed E-state index contributed by atoms with van der Waals surface area (Å²) >= 11 is 0. The van der Waals surface area contributed by atoms with Gasteiger partial charge in [0.1, 0.15) is 0 Å². The van der Waals surface area contributed by atoms with E-state index in [1.54, 1.807) is 0 Å². The summed E-state index contributed by atoms with van der Waals surface area (Å²) in [5, 5.41) is 2.52. The summed E-state index contributed by atoms with van der Waals surface area (Å²) in [6.45, 7) is 6.04. The van der Waals surface area contributed by atoms with Crippen LogP contribution in [-0.4, -0.2) is 42.9 Å². The second kappa shape index (κ2) is 7.59. The number of carbonyl (C=O) groups excluding carboxylic acids is 2. The smallest absolute Gasteiger partial charge is 0.241 e. The molecule has 0 spiro atoms. The van der Waals surface area contributed by atoms with E-state index in [0.717, 1.165) is 32.4 Å². The van der Waals surface area contributed by atoms with Crippen molar-refractivity contribution in [1.29, 1.82) is 0 Å². The molecule has 1 rings (SSSR count). The minimum Gasteiger partial charge on any atom is -0.346 e. The first-order valence-corrected chi connectivity index (χ1v) is 6.19. The SMILES string of the molecule is CC1(C)CCCN(C(=O)CNC(=O)CN)CC1.Cl. The van der Waals surface area contributed by atoms with Crippen LogP contribution in [0, 0.1) is 5.41 Å². The highest BCUT2D eigenvalue weighted by Gasteiger charge is 2.25. The molecule has 1 fully saturated rings. The van der Waals surface area contributed by atoms with E-state index in [1.807, 2.05) is 4.90 Å². The third-order valence-corrected chi connectivity index (χ3v) is 3.31. The van der Waals surface area contributed by atoms with Gasteiger partial charge in [0.2, 0.25) is 11.8 Å². The lowest BCUT2D eigenvalue weighted by molar-refractivity contribution is -0.132. The molecule has 0 aliphatic carbocycles. The van der Waals surface area contributed by atoms with E-state index >= 15 is 0 Å². The average molecular weight is 278 g/mol. The highest BCUT2D eigenvalue weighted by atomic mass is 35.5. The van der Waals surface area contributed by atoms with Crippen molar-refractivity contribution in [3.8, 4) is 0 Å². The second-order valence-corrected chi connectivity index (χ2v) is 5.38. The Bertz CT molecular complexity index is 295. The number of halogens is 1. The van der Waals surface area contributed by atoms with Crippen LogP contribution in [0.15, 0.2) is 0 Å². The Labute approximate surface area is 115 Å². The number of hydrogen-bond acceptors (Lipinski definition) is 3. The molecule has 1 saturated heterocycles. The summed E-state index contributed by atoms with van der Waals surface area (Å²) in [5.41, 5.74) is 5.48. The number of hydrogen-bond donors (Lipinski definition) is 2. The Hall–Kier alpha value is -0.810. The molecule has 6 heteroatoms. The largest absolute Gasteiger partial charge is 0.346 e. The van der Waals surface area contributed by atoms with Crippen LogP contribution in [0.5, 0.6) is 0 Å². The Morgan fingerprint density at radius 1 is 1.28 bits per heavy atom. The lowest BCUT2D eigenvalue weighted by atomic mass is 9.85. The third-order valence-electron chi connectivity index (χ3n) is 3.31. The molecule has 5 nitrogen and oxygen atoms in total. The molecule has 0 aromatic heterocycles. The summed E-state index contributed by atoms with van der Waals surface area (Å²) in [4.78, 5) is 24.7. The van der Waals surface area contributed by atoms with Crippen molar-refractivity contribution >= 4 is 24.2 Å². The number of nitrogens with zero attached hydrogens (tertiary/aromatic N) is 1. The summed E-state index contributed by atoms with van der Waals surface area (Å²) in [7, 11) is 0. The predicted octanol–water partition coefficient (Wildman–Crippen LogP) is 0.522. The van der Waals surface area contributed by atoms with Gasteiger partial charge in [0.15, 0.2) is 0 Å². The van der Waals surface area contributed by atoms with Crippen LogP contribution in [0.1, 0.15) is 33.1 Å². The zero-order chi connectivity index (χ0) is 12.9. The zero-order valence-corrected chi connectivity index (χ0v) is 12.0. The standard InChI is InChI=1S/C12H23N3O2.ClH/c1-12(2)4-3-6-15(7-5-12)11(17)9-14-10(16)8-13;/h3-9,13H2,1-2H3,(H,14,16);1H. The maximum atomic E-state index is 11.9. The minimum atomic E-state index is -0.284. The van der Waals surface area contributed by atoms with Crippen LogP contribution < -0.4 is 11.1 Å². The summed E-state index contributed by atoms with van der Waals surface area (Å²) in [5.74, 6) is -0.294. The highest BCUT2D eigenvalue weighted by Crippen LogP contribution is 2.29. The Morgan fingerprint density at radius 2 is 1.94 bits per heavy atom. The first-order valence-electron chi connectivity index (χ1n) is 6.19. The molecule has 1 aliphatic heterocycles. The summed E-state index contributed by atoms with van der Waals surface area (Å²) in [6.07, 6.45) is 3.19. The number of nitrogens with one attached hydrogen (secondary N) is 1. The first-order chi connectivity index (χ1) is 7.94. The summed E-state index contributed by atoms with van der Waals surface area (Å²) < 4.78 is 0. The van der Waals surface area contributed by atoms with E-state index in [4.69, 9.17) is 5.73 Å². The number of rotatable bonds is 3. The zero-order valence-electron chi connectivity index (χ0n) is 11.2. The Morgan fingerprint density at radius 3 is 2.56 bits per heavy atom. The maximum absolute atomic E-state index is 11.9. The van der Waals surface area contributed by atoms with Crippen LogP contribution in [0.3, 0.4) is 0 Å². The molecule has 3 N–H and O–H groups in total. The monoisotopic (exact) mass is 277 g/mol. The highest BCUT2D eigenvalue weighted by molar-refractivity contribution is 5.85. The van der Waals surface area contributed by atoms with Crippen molar-refractivity contribution in [2.45, 2.75) is 33.1 Å². The van der Waals surface area contributed by atoms with Gasteiger partial charge in [-0.25, -0.2) is 0 Å². The molecule has 0 saturated carbocycles. The van der Waals surface area contributed by atoms with Crippen molar-refractivity contribution < 1.29 is 9.59 Å². The molecule has 0 bridgehead atoms. The molecule has 0 radical (unpaired) electrons. The number of nitrogens with two attached hydrogens (primary N) is 1.